The van der Waals surface area contributed by atoms with Crippen LogP contribution in [0.5, 0.6) is 0 Å². The molecule has 52 valence electrons. The van der Waals surface area contributed by atoms with E-state index in [1.54, 1.807) is 0 Å². The topological polar surface area (TPSA) is 26.0 Å². The van der Waals surface area contributed by atoms with Crippen LogP contribution in [-0.4, -0.2) is 0 Å². The molecule has 0 saturated heterocycles. The average Bonchev–Trinajstić information content (AvgIpc) is 2.00. The number of hydrogen-bond donors (Lipinski definition) is 1. The van der Waals surface area contributed by atoms with Crippen LogP contribution in [0.15, 0.2) is 24.3 Å². The van der Waals surface area contributed by atoms with Crippen molar-refractivity contribution in [3.05, 3.63) is 29.8 Å². The van der Waals surface area contributed by atoms with E-state index in [4.69, 9.17) is 5.73 Å². The summed E-state index contributed by atoms with van der Waals surface area (Å²) < 4.78 is 0. The lowest BCUT2D eigenvalue weighted by molar-refractivity contribution is 1.47. The second-order valence-electron chi connectivity index (χ2n) is 1.91. The summed E-state index contributed by atoms with van der Waals surface area (Å²) in [5, 5.41) is 0. The van der Waals surface area contributed by atoms with Gasteiger partial charge in [0, 0.05) is 5.69 Å². The van der Waals surface area contributed by atoms with Crippen molar-refractivity contribution in [3.63, 3.8) is 0 Å². The SMILES string of the molecule is C#C.Cc1ccc(N)cc1. The normalized spacial score (nSPS) is 7.50. The molecule has 0 aromatic heterocycles. The van der Waals surface area contributed by atoms with Crippen molar-refractivity contribution in [1.29, 1.82) is 0 Å². The Bertz CT molecular complexity index is 175. The number of anilines is 1. The Labute approximate surface area is 61.9 Å². The van der Waals surface area contributed by atoms with Crippen LogP contribution in [0.1, 0.15) is 5.56 Å². The first-order valence-electron chi connectivity index (χ1n) is 2.94. The maximum atomic E-state index is 5.43. The number of benzene rings is 1. The Hall–Kier alpha value is -1.42. The van der Waals surface area contributed by atoms with E-state index in [1.165, 1.54) is 5.56 Å². The molecule has 0 bridgehead atoms. The number of nitrogens with two attached hydrogens (primary N) is 1. The number of nitrogen functional groups attached to an aromatic ring is 1. The Morgan fingerprint density at radius 1 is 1.10 bits per heavy atom. The van der Waals surface area contributed by atoms with Gasteiger partial charge in [-0.25, -0.2) is 0 Å². The standard InChI is InChI=1S/C7H9N.C2H2/c1-6-2-4-7(8)5-3-6;1-2/h2-5H,8H2,1H3;1-2H. The van der Waals surface area contributed by atoms with E-state index in [2.05, 4.69) is 12.8 Å². The van der Waals surface area contributed by atoms with Gasteiger partial charge in [-0.2, -0.15) is 0 Å². The molecule has 2 N–H and O–H groups in total. The van der Waals surface area contributed by atoms with Gasteiger partial charge in [0.1, 0.15) is 0 Å². The van der Waals surface area contributed by atoms with E-state index in [0.717, 1.165) is 5.69 Å². The molecule has 1 nitrogen and oxygen atoms in total. The highest BCUT2D eigenvalue weighted by Gasteiger charge is 1.80. The molecule has 0 unspecified atom stereocenters. The van der Waals surface area contributed by atoms with Crippen LogP contribution >= 0.6 is 0 Å². The molecule has 1 aromatic rings. The maximum absolute atomic E-state index is 5.43. The first-order chi connectivity index (χ1) is 4.79. The van der Waals surface area contributed by atoms with Gasteiger partial charge in [0.15, 0.2) is 0 Å². The highest BCUT2D eigenvalue weighted by Crippen LogP contribution is 2.02. The minimum Gasteiger partial charge on any atom is -0.399 e. The van der Waals surface area contributed by atoms with Crippen LogP contribution in [0.4, 0.5) is 5.69 Å². The fourth-order valence-corrected chi connectivity index (χ4v) is 0.566. The Kier molecular flexibility index (Phi) is 3.83. The average molecular weight is 133 g/mol. The molecule has 0 aliphatic heterocycles. The lowest BCUT2D eigenvalue weighted by Gasteiger charge is -1.90. The maximum Gasteiger partial charge on any atom is 0.0314 e. The van der Waals surface area contributed by atoms with Crippen molar-refractivity contribution in [2.45, 2.75) is 6.92 Å². The molecule has 0 amide bonds. The second-order valence-corrected chi connectivity index (χ2v) is 1.91. The number of aryl methyl sites for hydroxylation is 1. The van der Waals surface area contributed by atoms with Gasteiger partial charge in [-0.15, -0.1) is 12.8 Å². The Morgan fingerprint density at radius 3 is 1.80 bits per heavy atom. The van der Waals surface area contributed by atoms with Gasteiger partial charge in [0.05, 0.1) is 0 Å². The molecule has 0 spiro atoms. The van der Waals surface area contributed by atoms with Gasteiger partial charge in [-0.3, -0.25) is 0 Å². The summed E-state index contributed by atoms with van der Waals surface area (Å²) in [6.07, 6.45) is 8.00. The largest absolute Gasteiger partial charge is 0.399 e. The fraction of sp³-hybridized carbons (Fsp3) is 0.111. The molecule has 0 aliphatic carbocycles. The van der Waals surface area contributed by atoms with Crippen LogP contribution in [-0.2, 0) is 0 Å². The quantitative estimate of drug-likeness (QED) is 0.424. The molecule has 1 heteroatoms. The van der Waals surface area contributed by atoms with Crippen molar-refractivity contribution >= 4 is 5.69 Å². The molecule has 0 heterocycles. The van der Waals surface area contributed by atoms with Crippen LogP contribution in [0.2, 0.25) is 0 Å². The smallest absolute Gasteiger partial charge is 0.0314 e. The molecular weight excluding hydrogens is 122 g/mol. The monoisotopic (exact) mass is 133 g/mol. The summed E-state index contributed by atoms with van der Waals surface area (Å²) in [6, 6.07) is 7.79. The predicted octanol–water partition coefficient (Wildman–Crippen LogP) is 1.83. The second kappa shape index (κ2) is 4.46. The van der Waals surface area contributed by atoms with Gasteiger partial charge in [0.2, 0.25) is 0 Å². The third-order valence-corrected chi connectivity index (χ3v) is 1.08. The zero-order valence-electron chi connectivity index (χ0n) is 6.04. The summed E-state index contributed by atoms with van der Waals surface area (Å²) in [6.45, 7) is 2.04. The van der Waals surface area contributed by atoms with Crippen molar-refractivity contribution in [2.75, 3.05) is 5.73 Å². The molecule has 0 aliphatic rings. The molecule has 0 atom stereocenters. The van der Waals surface area contributed by atoms with Gasteiger partial charge in [-0.05, 0) is 19.1 Å². The minimum atomic E-state index is 0.829. The molecular formula is C9H11N. The van der Waals surface area contributed by atoms with Crippen LogP contribution in [0.25, 0.3) is 0 Å². The number of rotatable bonds is 0. The highest BCUT2D eigenvalue weighted by molar-refractivity contribution is 5.38. The van der Waals surface area contributed by atoms with Crippen molar-refractivity contribution in [3.8, 4) is 12.8 Å². The van der Waals surface area contributed by atoms with Crippen molar-refractivity contribution < 1.29 is 0 Å². The third kappa shape index (κ3) is 2.78. The van der Waals surface area contributed by atoms with Crippen LogP contribution in [0, 0.1) is 19.8 Å². The zero-order valence-corrected chi connectivity index (χ0v) is 6.04. The summed E-state index contributed by atoms with van der Waals surface area (Å²) >= 11 is 0. The van der Waals surface area contributed by atoms with E-state index in [0.29, 0.717) is 0 Å². The first kappa shape index (κ1) is 8.58. The fourth-order valence-electron chi connectivity index (χ4n) is 0.566. The molecule has 0 saturated carbocycles. The van der Waals surface area contributed by atoms with Gasteiger partial charge in [0.25, 0.3) is 0 Å². The number of terminal acetylenes is 1. The summed E-state index contributed by atoms with van der Waals surface area (Å²) in [5.41, 5.74) is 7.51. The summed E-state index contributed by atoms with van der Waals surface area (Å²) in [5.74, 6) is 0. The van der Waals surface area contributed by atoms with E-state index >= 15 is 0 Å². The zero-order chi connectivity index (χ0) is 7.98. The summed E-state index contributed by atoms with van der Waals surface area (Å²) in [7, 11) is 0. The predicted molar refractivity (Wildman–Crippen MR) is 45.5 cm³/mol. The Balaban J connectivity index is 0.000000371. The molecule has 1 aromatic carbocycles. The molecule has 0 fully saturated rings. The lowest BCUT2D eigenvalue weighted by Crippen LogP contribution is -1.81. The van der Waals surface area contributed by atoms with Crippen molar-refractivity contribution in [1.82, 2.24) is 0 Å². The molecule has 1 rings (SSSR count). The molecule has 0 radical (unpaired) electrons. The first-order valence-corrected chi connectivity index (χ1v) is 2.94. The highest BCUT2D eigenvalue weighted by atomic mass is 14.5. The van der Waals surface area contributed by atoms with E-state index < -0.39 is 0 Å². The van der Waals surface area contributed by atoms with Gasteiger partial charge >= 0.3 is 0 Å². The van der Waals surface area contributed by atoms with Crippen LogP contribution < -0.4 is 5.73 Å². The van der Waals surface area contributed by atoms with E-state index in [-0.39, 0.29) is 0 Å². The Morgan fingerprint density at radius 2 is 1.50 bits per heavy atom. The third-order valence-electron chi connectivity index (χ3n) is 1.08. The van der Waals surface area contributed by atoms with Crippen LogP contribution in [0.3, 0.4) is 0 Å². The lowest BCUT2D eigenvalue weighted by atomic mass is 10.2. The molecule has 10 heavy (non-hydrogen) atoms. The number of hydrogen-bond acceptors (Lipinski definition) is 1. The van der Waals surface area contributed by atoms with E-state index in [9.17, 15) is 0 Å². The van der Waals surface area contributed by atoms with Gasteiger partial charge in [-0.1, -0.05) is 17.7 Å². The van der Waals surface area contributed by atoms with Gasteiger partial charge < -0.3 is 5.73 Å². The minimum absolute atomic E-state index is 0.829. The van der Waals surface area contributed by atoms with Crippen molar-refractivity contribution in [2.24, 2.45) is 0 Å². The summed E-state index contributed by atoms with van der Waals surface area (Å²) in [4.78, 5) is 0. The van der Waals surface area contributed by atoms with E-state index in [1.807, 2.05) is 31.2 Å².